The van der Waals surface area contributed by atoms with Crippen LogP contribution in [0.25, 0.3) is 0 Å². The molecule has 0 heterocycles. The number of halogens is 1. The molecule has 2 nitrogen and oxygen atoms in total. The number of nitrogens with two attached hydrogens (primary N) is 1. The normalized spacial score (nSPS) is 12.5. The Kier molecular flexibility index (Phi) is 4.43. The van der Waals surface area contributed by atoms with Crippen LogP contribution in [0.1, 0.15) is 29.3 Å². The van der Waals surface area contributed by atoms with Crippen molar-refractivity contribution in [3.05, 3.63) is 35.4 Å². The molecule has 0 aliphatic carbocycles. The zero-order chi connectivity index (χ0) is 11.3. The number of hydrogen-bond acceptors (Lipinski definition) is 2. The van der Waals surface area contributed by atoms with Crippen LogP contribution in [0.15, 0.2) is 24.3 Å². The summed E-state index contributed by atoms with van der Waals surface area (Å²) in [5.41, 5.74) is 6.70. The molecule has 0 fully saturated rings. The van der Waals surface area contributed by atoms with Crippen LogP contribution < -0.4 is 5.73 Å². The minimum absolute atomic E-state index is 0.00579. The molecule has 1 rings (SSSR count). The summed E-state index contributed by atoms with van der Waals surface area (Å²) in [5, 5.41) is 0. The Bertz CT molecular complexity index is 336. The smallest absolute Gasteiger partial charge is 0.164 e. The van der Waals surface area contributed by atoms with Gasteiger partial charge in [0.1, 0.15) is 6.17 Å². The van der Waals surface area contributed by atoms with E-state index >= 15 is 0 Å². The van der Waals surface area contributed by atoms with Gasteiger partial charge in [0.15, 0.2) is 5.78 Å². The van der Waals surface area contributed by atoms with Crippen molar-refractivity contribution in [2.75, 3.05) is 6.54 Å². The molecule has 0 spiro atoms. The van der Waals surface area contributed by atoms with Crippen LogP contribution >= 0.6 is 0 Å². The Morgan fingerprint density at radius 3 is 2.73 bits per heavy atom. The predicted octanol–water partition coefficient (Wildman–Crippen LogP) is 2.12. The van der Waals surface area contributed by atoms with Crippen molar-refractivity contribution in [2.45, 2.75) is 25.9 Å². The summed E-state index contributed by atoms with van der Waals surface area (Å²) in [6, 6.07) is 7.13. The summed E-state index contributed by atoms with van der Waals surface area (Å²) in [7, 11) is 0. The molecule has 82 valence electrons. The van der Waals surface area contributed by atoms with E-state index in [2.05, 4.69) is 0 Å². The van der Waals surface area contributed by atoms with Gasteiger partial charge in [0.2, 0.25) is 0 Å². The maximum Gasteiger partial charge on any atom is 0.164 e. The second-order valence-electron chi connectivity index (χ2n) is 3.60. The molecule has 15 heavy (non-hydrogen) atoms. The van der Waals surface area contributed by atoms with Crippen molar-refractivity contribution in [1.82, 2.24) is 0 Å². The fraction of sp³-hybridized carbons (Fsp3) is 0.417. The van der Waals surface area contributed by atoms with Crippen LogP contribution in [0.3, 0.4) is 0 Å². The van der Waals surface area contributed by atoms with Crippen LogP contribution in [0.2, 0.25) is 0 Å². The number of carbonyl (C=O) groups excluding carboxylic acids is 1. The topological polar surface area (TPSA) is 43.1 Å². The Morgan fingerprint density at radius 1 is 1.47 bits per heavy atom. The van der Waals surface area contributed by atoms with Gasteiger partial charge in [-0.25, -0.2) is 4.39 Å². The number of benzene rings is 1. The first-order chi connectivity index (χ1) is 7.15. The number of rotatable bonds is 5. The van der Waals surface area contributed by atoms with Gasteiger partial charge in [-0.3, -0.25) is 4.79 Å². The highest BCUT2D eigenvalue weighted by Crippen LogP contribution is 2.14. The van der Waals surface area contributed by atoms with Gasteiger partial charge in [0.25, 0.3) is 0 Å². The molecule has 0 saturated heterocycles. The first-order valence-electron chi connectivity index (χ1n) is 5.10. The van der Waals surface area contributed by atoms with Crippen molar-refractivity contribution >= 4 is 5.78 Å². The average molecular weight is 209 g/mol. The molecule has 0 aliphatic rings. The summed E-state index contributed by atoms with van der Waals surface area (Å²) in [6.45, 7) is 1.82. The third-order valence-corrected chi connectivity index (χ3v) is 2.19. The summed E-state index contributed by atoms with van der Waals surface area (Å²) in [4.78, 5) is 11.6. The van der Waals surface area contributed by atoms with Crippen LogP contribution in [0, 0.1) is 0 Å². The van der Waals surface area contributed by atoms with Gasteiger partial charge >= 0.3 is 0 Å². The summed E-state index contributed by atoms with van der Waals surface area (Å²) in [6.07, 6.45) is -0.332. The number of Topliss-reactive ketones (excluding diaryl/α,β-unsaturated/α-hetero) is 1. The van der Waals surface area contributed by atoms with Gasteiger partial charge < -0.3 is 5.73 Å². The fourth-order valence-electron chi connectivity index (χ4n) is 1.54. The van der Waals surface area contributed by atoms with Gasteiger partial charge in [-0.15, -0.1) is 0 Å². The molecule has 0 saturated carbocycles. The fourth-order valence-corrected chi connectivity index (χ4v) is 1.54. The van der Waals surface area contributed by atoms with Gasteiger partial charge in [0.05, 0.1) is 0 Å². The molecule has 0 aromatic heterocycles. The molecule has 1 aromatic rings. The highest BCUT2D eigenvalue weighted by atomic mass is 19.1. The molecule has 1 aromatic carbocycles. The Hall–Kier alpha value is -1.22. The third kappa shape index (κ3) is 3.44. The first-order valence-corrected chi connectivity index (χ1v) is 5.10. The second kappa shape index (κ2) is 5.61. The summed E-state index contributed by atoms with van der Waals surface area (Å²) in [5.74, 6) is -0.00579. The minimum Gasteiger partial charge on any atom is -0.330 e. The molecule has 1 atom stereocenters. The Morgan fingerprint density at radius 2 is 2.13 bits per heavy atom. The number of carbonyl (C=O) groups is 1. The number of hydrogen-bond donors (Lipinski definition) is 1. The minimum atomic E-state index is -0.933. The van der Waals surface area contributed by atoms with E-state index < -0.39 is 6.17 Å². The highest BCUT2D eigenvalue weighted by molar-refractivity contribution is 5.97. The average Bonchev–Trinajstić information content (AvgIpc) is 2.18. The summed E-state index contributed by atoms with van der Waals surface area (Å²) < 4.78 is 12.9. The SMILES string of the molecule is CC(F)Cc1ccccc1C(=O)CCN. The van der Waals surface area contributed by atoms with E-state index in [0.717, 1.165) is 5.56 Å². The molecular formula is C12H16FNO. The summed E-state index contributed by atoms with van der Waals surface area (Å²) >= 11 is 0. The molecule has 1 unspecified atom stereocenters. The molecule has 0 bridgehead atoms. The van der Waals surface area contributed by atoms with E-state index in [9.17, 15) is 9.18 Å². The molecule has 0 radical (unpaired) electrons. The zero-order valence-corrected chi connectivity index (χ0v) is 8.87. The predicted molar refractivity (Wildman–Crippen MR) is 58.7 cm³/mol. The standard InChI is InChI=1S/C12H16FNO/c1-9(13)8-10-4-2-3-5-11(10)12(15)6-7-14/h2-5,9H,6-8,14H2,1H3. The second-order valence-corrected chi connectivity index (χ2v) is 3.60. The highest BCUT2D eigenvalue weighted by Gasteiger charge is 2.11. The Labute approximate surface area is 89.3 Å². The van der Waals surface area contributed by atoms with Crippen LogP contribution in [-0.2, 0) is 6.42 Å². The van der Waals surface area contributed by atoms with E-state index in [1.165, 1.54) is 6.92 Å². The Balaban J connectivity index is 2.90. The maximum atomic E-state index is 12.9. The lowest BCUT2D eigenvalue weighted by atomic mass is 9.98. The van der Waals surface area contributed by atoms with Crippen molar-refractivity contribution in [2.24, 2.45) is 5.73 Å². The lowest BCUT2D eigenvalue weighted by Crippen LogP contribution is -2.11. The lowest BCUT2D eigenvalue weighted by Gasteiger charge is -2.08. The third-order valence-electron chi connectivity index (χ3n) is 2.19. The quantitative estimate of drug-likeness (QED) is 0.755. The van der Waals surface area contributed by atoms with Crippen LogP contribution in [0.4, 0.5) is 4.39 Å². The molecule has 3 heteroatoms. The van der Waals surface area contributed by atoms with Gasteiger partial charge in [0, 0.05) is 18.4 Å². The maximum absolute atomic E-state index is 12.9. The van der Waals surface area contributed by atoms with Crippen molar-refractivity contribution in [3.63, 3.8) is 0 Å². The monoisotopic (exact) mass is 209 g/mol. The van der Waals surface area contributed by atoms with Crippen LogP contribution in [0.5, 0.6) is 0 Å². The largest absolute Gasteiger partial charge is 0.330 e. The van der Waals surface area contributed by atoms with E-state index in [4.69, 9.17) is 5.73 Å². The molecular weight excluding hydrogens is 193 g/mol. The van der Waals surface area contributed by atoms with Crippen LogP contribution in [-0.4, -0.2) is 18.5 Å². The molecule has 2 N–H and O–H groups in total. The molecule has 0 amide bonds. The molecule has 0 aliphatic heterocycles. The van der Waals surface area contributed by atoms with Crippen molar-refractivity contribution in [3.8, 4) is 0 Å². The van der Waals surface area contributed by atoms with Gasteiger partial charge in [-0.1, -0.05) is 24.3 Å². The number of alkyl halides is 1. The van der Waals surface area contributed by atoms with Gasteiger partial charge in [-0.05, 0) is 19.0 Å². The van der Waals surface area contributed by atoms with E-state index in [1.807, 2.05) is 6.07 Å². The van der Waals surface area contributed by atoms with Gasteiger partial charge in [-0.2, -0.15) is 0 Å². The first kappa shape index (κ1) is 11.9. The van der Waals surface area contributed by atoms with Crippen molar-refractivity contribution < 1.29 is 9.18 Å². The number of ketones is 1. The van der Waals surface area contributed by atoms with E-state index in [1.54, 1.807) is 18.2 Å². The lowest BCUT2D eigenvalue weighted by molar-refractivity contribution is 0.0984. The zero-order valence-electron chi connectivity index (χ0n) is 8.87. The van der Waals surface area contributed by atoms with E-state index in [0.29, 0.717) is 18.5 Å². The van der Waals surface area contributed by atoms with E-state index in [-0.39, 0.29) is 12.2 Å². The van der Waals surface area contributed by atoms with Crippen molar-refractivity contribution in [1.29, 1.82) is 0 Å².